The van der Waals surface area contributed by atoms with Crippen molar-refractivity contribution in [3.05, 3.63) is 35.4 Å². The molecule has 5 heteroatoms. The molecule has 1 saturated carbocycles. The van der Waals surface area contributed by atoms with Crippen molar-refractivity contribution < 1.29 is 14.7 Å². The average Bonchev–Trinajstić information content (AvgIpc) is 2.43. The molecule has 0 aliphatic heterocycles. The first-order valence-electron chi connectivity index (χ1n) is 7.39. The molecular formula is C16H22N2O3. The Morgan fingerprint density at radius 1 is 1.19 bits per heavy atom. The SMILES string of the molecule is CCc1ccccc1CNC(=O)NCC1(C(=O)O)CCC1. The highest BCUT2D eigenvalue weighted by molar-refractivity contribution is 5.78. The number of benzene rings is 1. The van der Waals surface area contributed by atoms with Gasteiger partial charge in [0.1, 0.15) is 0 Å². The van der Waals surface area contributed by atoms with Crippen molar-refractivity contribution in [2.45, 2.75) is 39.2 Å². The van der Waals surface area contributed by atoms with Gasteiger partial charge in [-0.2, -0.15) is 0 Å². The lowest BCUT2D eigenvalue weighted by Crippen LogP contribution is -2.49. The highest BCUT2D eigenvalue weighted by atomic mass is 16.4. The van der Waals surface area contributed by atoms with Crippen LogP contribution in [0.1, 0.15) is 37.3 Å². The molecule has 1 aromatic rings. The summed E-state index contributed by atoms with van der Waals surface area (Å²) in [5, 5.41) is 14.7. The fourth-order valence-corrected chi connectivity index (χ4v) is 2.63. The predicted molar refractivity (Wildman–Crippen MR) is 80.0 cm³/mol. The van der Waals surface area contributed by atoms with Gasteiger partial charge in [-0.25, -0.2) is 4.79 Å². The Hall–Kier alpha value is -2.04. The standard InChI is InChI=1S/C16H22N2O3/c1-2-12-6-3-4-7-13(12)10-17-15(21)18-11-16(14(19)20)8-5-9-16/h3-4,6-7H,2,5,8-11H2,1H3,(H,19,20)(H2,17,18,21). The summed E-state index contributed by atoms with van der Waals surface area (Å²) in [4.78, 5) is 23.0. The molecule has 114 valence electrons. The Labute approximate surface area is 124 Å². The van der Waals surface area contributed by atoms with E-state index in [9.17, 15) is 14.7 Å². The quantitative estimate of drug-likeness (QED) is 0.752. The Kier molecular flexibility index (Phi) is 4.83. The minimum atomic E-state index is -0.814. The molecular weight excluding hydrogens is 268 g/mol. The molecule has 2 rings (SSSR count). The molecule has 0 unspecified atom stereocenters. The van der Waals surface area contributed by atoms with Crippen LogP contribution in [-0.2, 0) is 17.8 Å². The maximum atomic E-state index is 11.8. The summed E-state index contributed by atoms with van der Waals surface area (Å²) in [6.45, 7) is 2.73. The average molecular weight is 290 g/mol. The van der Waals surface area contributed by atoms with Gasteiger partial charge in [-0.15, -0.1) is 0 Å². The van der Waals surface area contributed by atoms with Gasteiger partial charge >= 0.3 is 12.0 Å². The van der Waals surface area contributed by atoms with Crippen LogP contribution in [-0.4, -0.2) is 23.7 Å². The van der Waals surface area contributed by atoms with Crippen molar-refractivity contribution in [2.75, 3.05) is 6.54 Å². The number of hydrogen-bond donors (Lipinski definition) is 3. The lowest BCUT2D eigenvalue weighted by atomic mass is 9.69. The minimum absolute atomic E-state index is 0.198. The smallest absolute Gasteiger partial charge is 0.315 e. The van der Waals surface area contributed by atoms with Crippen LogP contribution in [0.2, 0.25) is 0 Å². The number of amides is 2. The molecule has 0 bridgehead atoms. The molecule has 2 amide bonds. The van der Waals surface area contributed by atoms with E-state index in [4.69, 9.17) is 0 Å². The van der Waals surface area contributed by atoms with Gasteiger partial charge in [-0.05, 0) is 30.4 Å². The second-order valence-electron chi connectivity index (χ2n) is 5.60. The highest BCUT2D eigenvalue weighted by Crippen LogP contribution is 2.40. The first-order valence-corrected chi connectivity index (χ1v) is 7.39. The summed E-state index contributed by atoms with van der Waals surface area (Å²) in [5.41, 5.74) is 1.55. The van der Waals surface area contributed by atoms with Crippen LogP contribution in [0, 0.1) is 5.41 Å². The first kappa shape index (κ1) is 15.4. The van der Waals surface area contributed by atoms with Crippen LogP contribution in [0.3, 0.4) is 0 Å². The number of urea groups is 1. The van der Waals surface area contributed by atoms with Crippen LogP contribution < -0.4 is 10.6 Å². The highest BCUT2D eigenvalue weighted by Gasteiger charge is 2.44. The third-order valence-corrected chi connectivity index (χ3v) is 4.29. The van der Waals surface area contributed by atoms with Crippen molar-refractivity contribution in [1.82, 2.24) is 10.6 Å². The van der Waals surface area contributed by atoms with Crippen molar-refractivity contribution in [3.63, 3.8) is 0 Å². The summed E-state index contributed by atoms with van der Waals surface area (Å²) >= 11 is 0. The normalized spacial score (nSPS) is 15.9. The Morgan fingerprint density at radius 3 is 2.38 bits per heavy atom. The van der Waals surface area contributed by atoms with Gasteiger partial charge in [0, 0.05) is 13.1 Å². The van der Waals surface area contributed by atoms with Crippen LogP contribution >= 0.6 is 0 Å². The lowest BCUT2D eigenvalue weighted by molar-refractivity contribution is -0.153. The zero-order chi connectivity index (χ0) is 15.3. The van der Waals surface area contributed by atoms with Crippen molar-refractivity contribution in [1.29, 1.82) is 0 Å². The zero-order valence-corrected chi connectivity index (χ0v) is 12.3. The van der Waals surface area contributed by atoms with Gasteiger partial charge < -0.3 is 15.7 Å². The molecule has 0 heterocycles. The van der Waals surface area contributed by atoms with E-state index in [1.165, 1.54) is 5.56 Å². The van der Waals surface area contributed by atoms with E-state index in [1.807, 2.05) is 24.3 Å². The molecule has 21 heavy (non-hydrogen) atoms. The molecule has 0 aromatic heterocycles. The maximum absolute atomic E-state index is 11.8. The van der Waals surface area contributed by atoms with Crippen LogP contribution in [0.4, 0.5) is 4.79 Å². The van der Waals surface area contributed by atoms with E-state index >= 15 is 0 Å². The third-order valence-electron chi connectivity index (χ3n) is 4.29. The number of carbonyl (C=O) groups is 2. The third kappa shape index (κ3) is 3.54. The molecule has 5 nitrogen and oxygen atoms in total. The van der Waals surface area contributed by atoms with Gasteiger partial charge in [-0.1, -0.05) is 37.6 Å². The summed E-state index contributed by atoms with van der Waals surface area (Å²) < 4.78 is 0. The Morgan fingerprint density at radius 2 is 1.86 bits per heavy atom. The summed E-state index contributed by atoms with van der Waals surface area (Å²) in [6, 6.07) is 7.65. The first-order chi connectivity index (χ1) is 10.1. The molecule has 1 aliphatic rings. The molecule has 1 aromatic carbocycles. The number of aryl methyl sites for hydroxylation is 1. The minimum Gasteiger partial charge on any atom is -0.481 e. The van der Waals surface area contributed by atoms with Crippen molar-refractivity contribution in [2.24, 2.45) is 5.41 Å². The number of nitrogens with one attached hydrogen (secondary N) is 2. The second-order valence-corrected chi connectivity index (χ2v) is 5.60. The van der Waals surface area contributed by atoms with Gasteiger partial charge in [0.15, 0.2) is 0 Å². The number of aliphatic carboxylic acids is 1. The summed E-state index contributed by atoms with van der Waals surface area (Å²) in [7, 11) is 0. The number of hydrogen-bond acceptors (Lipinski definition) is 2. The molecule has 1 aliphatic carbocycles. The second kappa shape index (κ2) is 6.61. The summed E-state index contributed by atoms with van der Waals surface area (Å²) in [5.74, 6) is -0.814. The Balaban J connectivity index is 1.81. The largest absolute Gasteiger partial charge is 0.481 e. The molecule has 1 fully saturated rings. The molecule has 3 N–H and O–H groups in total. The van der Waals surface area contributed by atoms with Crippen LogP contribution in [0.25, 0.3) is 0 Å². The molecule has 0 spiro atoms. The molecule has 0 atom stereocenters. The number of carbonyl (C=O) groups excluding carboxylic acids is 1. The topological polar surface area (TPSA) is 78.4 Å². The van der Waals surface area contributed by atoms with Gasteiger partial charge in [0.2, 0.25) is 0 Å². The monoisotopic (exact) mass is 290 g/mol. The number of rotatable bonds is 6. The van der Waals surface area contributed by atoms with E-state index in [2.05, 4.69) is 17.6 Å². The molecule has 0 saturated heterocycles. The van der Waals surface area contributed by atoms with Gasteiger partial charge in [0.25, 0.3) is 0 Å². The van der Waals surface area contributed by atoms with E-state index in [-0.39, 0.29) is 12.6 Å². The maximum Gasteiger partial charge on any atom is 0.315 e. The zero-order valence-electron chi connectivity index (χ0n) is 12.3. The predicted octanol–water partition coefficient (Wildman–Crippen LogP) is 2.30. The van der Waals surface area contributed by atoms with E-state index in [1.54, 1.807) is 0 Å². The van der Waals surface area contributed by atoms with Crippen molar-refractivity contribution in [3.8, 4) is 0 Å². The van der Waals surface area contributed by atoms with Crippen LogP contribution in [0.5, 0.6) is 0 Å². The number of carboxylic acid groups (broad SMARTS) is 1. The van der Waals surface area contributed by atoms with E-state index < -0.39 is 11.4 Å². The van der Waals surface area contributed by atoms with Gasteiger partial charge in [0.05, 0.1) is 5.41 Å². The van der Waals surface area contributed by atoms with E-state index in [0.29, 0.717) is 19.4 Å². The summed E-state index contributed by atoms with van der Waals surface area (Å²) in [6.07, 6.45) is 3.11. The van der Waals surface area contributed by atoms with Gasteiger partial charge in [-0.3, -0.25) is 4.79 Å². The lowest BCUT2D eigenvalue weighted by Gasteiger charge is -2.37. The fraction of sp³-hybridized carbons (Fsp3) is 0.500. The van der Waals surface area contributed by atoms with E-state index in [0.717, 1.165) is 18.4 Å². The van der Waals surface area contributed by atoms with Crippen molar-refractivity contribution >= 4 is 12.0 Å². The number of carboxylic acids is 1. The Bertz CT molecular complexity index is 524. The fourth-order valence-electron chi connectivity index (χ4n) is 2.63. The molecule has 0 radical (unpaired) electrons. The van der Waals surface area contributed by atoms with Crippen LogP contribution in [0.15, 0.2) is 24.3 Å².